The van der Waals surface area contributed by atoms with Crippen LogP contribution in [0.1, 0.15) is 0 Å². The van der Waals surface area contributed by atoms with Gasteiger partial charge in [-0.15, -0.1) is 9.24 Å². The van der Waals surface area contributed by atoms with Crippen LogP contribution in [0.4, 0.5) is 0 Å². The van der Waals surface area contributed by atoms with Crippen molar-refractivity contribution in [3.05, 3.63) is 18.5 Å². The number of hydrogen-bond acceptors (Lipinski definition) is 0. The Morgan fingerprint density at radius 1 is 1.67 bits per heavy atom. The molecule has 0 aliphatic heterocycles. The van der Waals surface area contributed by atoms with Crippen LogP contribution in [0.3, 0.4) is 0 Å². The predicted octanol–water partition coefficient (Wildman–Crippen LogP) is 0.515. The largest absolute Gasteiger partial charge is 0.367 e. The lowest BCUT2D eigenvalue weighted by molar-refractivity contribution is 1.42. The molecule has 1 nitrogen and oxygen atoms in total. The zero-order valence-corrected chi connectivity index (χ0v) is 4.46. The molecule has 1 unspecified atom stereocenters. The normalized spacial score (nSPS) is 8.83. The van der Waals surface area contributed by atoms with Crippen LogP contribution in [0.25, 0.3) is 0 Å². The molecule has 1 heterocycles. The lowest BCUT2D eigenvalue weighted by Gasteiger charge is -1.65. The van der Waals surface area contributed by atoms with Crippen molar-refractivity contribution in [2.24, 2.45) is 0 Å². The summed E-state index contributed by atoms with van der Waals surface area (Å²) >= 11 is 0. The summed E-state index contributed by atoms with van der Waals surface area (Å²) in [5.74, 6) is 0. The van der Waals surface area contributed by atoms with Crippen molar-refractivity contribution in [1.29, 1.82) is 0 Å². The summed E-state index contributed by atoms with van der Waals surface area (Å²) in [6.07, 6.45) is 3.81. The molecule has 2 heteroatoms. The van der Waals surface area contributed by atoms with Gasteiger partial charge in [0.15, 0.2) is 0 Å². The van der Waals surface area contributed by atoms with Crippen LogP contribution in [0.5, 0.6) is 0 Å². The highest BCUT2D eigenvalue weighted by atomic mass is 31.0. The van der Waals surface area contributed by atoms with Gasteiger partial charge in [-0.25, -0.2) is 0 Å². The van der Waals surface area contributed by atoms with Gasteiger partial charge in [0, 0.05) is 12.4 Å². The van der Waals surface area contributed by atoms with Gasteiger partial charge in [0.05, 0.1) is 0 Å². The van der Waals surface area contributed by atoms with Crippen LogP contribution in [-0.4, -0.2) is 4.98 Å². The number of nitrogens with one attached hydrogen (secondary N) is 1. The molecule has 1 rings (SSSR count). The van der Waals surface area contributed by atoms with Crippen molar-refractivity contribution in [1.82, 2.24) is 4.98 Å². The van der Waals surface area contributed by atoms with Crippen LogP contribution >= 0.6 is 9.24 Å². The molecule has 0 aromatic carbocycles. The predicted molar refractivity (Wildman–Crippen MR) is 30.1 cm³/mol. The van der Waals surface area contributed by atoms with Crippen molar-refractivity contribution >= 4 is 14.5 Å². The molecule has 1 N–H and O–H groups in total. The van der Waals surface area contributed by atoms with Crippen molar-refractivity contribution in [2.75, 3.05) is 0 Å². The molecule has 1 aromatic rings. The van der Waals surface area contributed by atoms with Gasteiger partial charge in [-0.05, 0) is 11.4 Å². The Hall–Kier alpha value is -0.290. The third-order valence-corrected chi connectivity index (χ3v) is 0.981. The molecule has 6 heavy (non-hydrogen) atoms. The Morgan fingerprint density at radius 3 is 2.67 bits per heavy atom. The molecule has 0 aliphatic rings. The fraction of sp³-hybridized carbons (Fsp3) is 0. The molecular weight excluding hydrogens is 93.0 g/mol. The second-order valence-electron chi connectivity index (χ2n) is 1.14. The Bertz CT molecular complexity index is 111. The van der Waals surface area contributed by atoms with E-state index >= 15 is 0 Å². The van der Waals surface area contributed by atoms with E-state index in [1.54, 1.807) is 0 Å². The van der Waals surface area contributed by atoms with Gasteiger partial charge in [0.25, 0.3) is 0 Å². The van der Waals surface area contributed by atoms with Crippen LogP contribution in [0.2, 0.25) is 0 Å². The highest BCUT2D eigenvalue weighted by molar-refractivity contribution is 7.27. The minimum atomic E-state index is 1.20. The number of H-pyrrole nitrogens is 1. The highest BCUT2D eigenvalue weighted by Crippen LogP contribution is 1.82. The highest BCUT2D eigenvalue weighted by Gasteiger charge is 1.73. The molecule has 0 aliphatic carbocycles. The van der Waals surface area contributed by atoms with Crippen molar-refractivity contribution in [3.8, 4) is 0 Å². The Morgan fingerprint density at radius 2 is 2.50 bits per heavy atom. The first-order valence-electron chi connectivity index (χ1n) is 1.78. The fourth-order valence-electron chi connectivity index (χ4n) is 0.337. The van der Waals surface area contributed by atoms with E-state index in [0.29, 0.717) is 0 Å². The summed E-state index contributed by atoms with van der Waals surface area (Å²) in [7, 11) is 2.58. The van der Waals surface area contributed by atoms with Crippen LogP contribution in [0.15, 0.2) is 18.5 Å². The Labute approximate surface area is 39.0 Å². The van der Waals surface area contributed by atoms with E-state index < -0.39 is 0 Å². The van der Waals surface area contributed by atoms with Gasteiger partial charge in [0.2, 0.25) is 0 Å². The molecule has 32 valence electrons. The van der Waals surface area contributed by atoms with E-state index in [9.17, 15) is 0 Å². The van der Waals surface area contributed by atoms with Crippen LogP contribution in [0, 0.1) is 0 Å². The van der Waals surface area contributed by atoms with E-state index in [1.165, 1.54) is 5.30 Å². The molecule has 0 amide bonds. The first-order chi connectivity index (χ1) is 2.89. The topological polar surface area (TPSA) is 15.8 Å². The fourth-order valence-corrected chi connectivity index (χ4v) is 0.529. The summed E-state index contributed by atoms with van der Waals surface area (Å²) in [6.45, 7) is 0. The average molecular weight is 99.1 g/mol. The molecule has 0 fully saturated rings. The molecule has 0 saturated carbocycles. The Kier molecular flexibility index (Phi) is 0.932. The lowest BCUT2D eigenvalue weighted by atomic mass is 10.7. The molecule has 0 bridgehead atoms. The molecular formula is C4H6NP. The van der Waals surface area contributed by atoms with Gasteiger partial charge >= 0.3 is 0 Å². The number of aromatic amines is 1. The summed E-state index contributed by atoms with van der Waals surface area (Å²) < 4.78 is 0. The maximum atomic E-state index is 2.91. The summed E-state index contributed by atoms with van der Waals surface area (Å²) in [5.41, 5.74) is 0. The molecule has 0 spiro atoms. The van der Waals surface area contributed by atoms with E-state index in [2.05, 4.69) is 14.2 Å². The van der Waals surface area contributed by atoms with Crippen LogP contribution < -0.4 is 5.30 Å². The SMILES string of the molecule is Pc1cc[nH]c1. The maximum Gasteiger partial charge on any atom is 0.00772 e. The van der Waals surface area contributed by atoms with Crippen molar-refractivity contribution in [3.63, 3.8) is 0 Å². The van der Waals surface area contributed by atoms with Crippen molar-refractivity contribution < 1.29 is 0 Å². The third-order valence-electron chi connectivity index (χ3n) is 0.622. The molecule has 1 aromatic heterocycles. The minimum Gasteiger partial charge on any atom is -0.367 e. The third kappa shape index (κ3) is 0.605. The molecule has 0 radical (unpaired) electrons. The summed E-state index contributed by atoms with van der Waals surface area (Å²) in [4.78, 5) is 2.91. The van der Waals surface area contributed by atoms with E-state index in [-0.39, 0.29) is 0 Å². The lowest BCUT2D eigenvalue weighted by Crippen LogP contribution is -1.75. The molecule has 0 saturated heterocycles. The van der Waals surface area contributed by atoms with Gasteiger partial charge in [-0.1, -0.05) is 0 Å². The number of rotatable bonds is 0. The van der Waals surface area contributed by atoms with E-state index in [4.69, 9.17) is 0 Å². The van der Waals surface area contributed by atoms with E-state index in [1.807, 2.05) is 18.5 Å². The Balaban J connectivity index is 3.05. The molecule has 1 atom stereocenters. The average Bonchev–Trinajstić information content (AvgIpc) is 1.86. The zero-order chi connectivity index (χ0) is 4.41. The van der Waals surface area contributed by atoms with Crippen molar-refractivity contribution in [2.45, 2.75) is 0 Å². The standard InChI is InChI=1S/C4H6NP/c6-4-1-2-5-3-4/h1-3,5H,6H2. The summed E-state index contributed by atoms with van der Waals surface area (Å²) in [5, 5.41) is 1.20. The number of hydrogen-bond donors (Lipinski definition) is 1. The smallest absolute Gasteiger partial charge is 0.00772 e. The van der Waals surface area contributed by atoms with Gasteiger partial charge in [-0.3, -0.25) is 0 Å². The van der Waals surface area contributed by atoms with E-state index in [0.717, 1.165) is 0 Å². The van der Waals surface area contributed by atoms with Gasteiger partial charge in [-0.2, -0.15) is 0 Å². The summed E-state index contributed by atoms with van der Waals surface area (Å²) in [6, 6.07) is 1.99. The van der Waals surface area contributed by atoms with Gasteiger partial charge < -0.3 is 4.98 Å². The second-order valence-corrected chi connectivity index (χ2v) is 1.81. The van der Waals surface area contributed by atoms with Crippen LogP contribution in [-0.2, 0) is 0 Å². The quantitative estimate of drug-likeness (QED) is 0.456. The monoisotopic (exact) mass is 99.0 g/mol. The maximum absolute atomic E-state index is 2.91. The second kappa shape index (κ2) is 1.44. The van der Waals surface area contributed by atoms with Gasteiger partial charge in [0.1, 0.15) is 0 Å². The minimum absolute atomic E-state index is 1.20. The number of aromatic nitrogens is 1. The first-order valence-corrected chi connectivity index (χ1v) is 2.35. The first kappa shape index (κ1) is 3.89. The zero-order valence-electron chi connectivity index (χ0n) is 3.31.